The van der Waals surface area contributed by atoms with Gasteiger partial charge in [0.1, 0.15) is 11.5 Å². The van der Waals surface area contributed by atoms with Gasteiger partial charge in [0, 0.05) is 27.6 Å². The molecule has 1 aliphatic rings. The molecule has 0 saturated heterocycles. The van der Waals surface area contributed by atoms with Crippen molar-refractivity contribution in [2.45, 2.75) is 13.3 Å². The summed E-state index contributed by atoms with van der Waals surface area (Å²) in [5.74, 6) is 1.60. The van der Waals surface area contributed by atoms with Crippen molar-refractivity contribution >= 4 is 27.8 Å². The Labute approximate surface area is 148 Å². The van der Waals surface area contributed by atoms with Gasteiger partial charge in [-0.2, -0.15) is 0 Å². The quantitative estimate of drug-likeness (QED) is 0.524. The Bertz CT molecular complexity index is 979. The van der Waals surface area contributed by atoms with E-state index in [1.165, 1.54) is 5.56 Å². The number of halogens is 1. The summed E-state index contributed by atoms with van der Waals surface area (Å²) >= 11 is 3.55. The lowest BCUT2D eigenvalue weighted by Crippen LogP contribution is -1.94. The molecule has 4 rings (SSSR count). The van der Waals surface area contributed by atoms with Crippen LogP contribution in [0.1, 0.15) is 27.2 Å². The average Bonchev–Trinajstić information content (AvgIpc) is 3.16. The fourth-order valence-corrected chi connectivity index (χ4v) is 3.35. The van der Waals surface area contributed by atoms with Crippen molar-refractivity contribution in [2.75, 3.05) is 0 Å². The van der Waals surface area contributed by atoms with E-state index in [1.807, 2.05) is 54.6 Å². The van der Waals surface area contributed by atoms with Crippen LogP contribution in [0, 0.1) is 6.92 Å². The van der Waals surface area contributed by atoms with Crippen LogP contribution < -0.4 is 0 Å². The van der Waals surface area contributed by atoms with Gasteiger partial charge in [0.2, 0.25) is 0 Å². The summed E-state index contributed by atoms with van der Waals surface area (Å²) in [5.41, 5.74) is 4.86. The number of carbonyl (C=O) groups excluding carboxylic acids is 1. The zero-order valence-corrected chi connectivity index (χ0v) is 14.8. The molecule has 1 heterocycles. The molecule has 0 amide bonds. The first-order valence-electron chi connectivity index (χ1n) is 7.81. The highest BCUT2D eigenvalue weighted by molar-refractivity contribution is 9.10. The molecule has 1 aliphatic carbocycles. The number of Topliss-reactive ketones (excluding diaryl/α,β-unsaturated/α-hetero) is 1. The van der Waals surface area contributed by atoms with E-state index in [4.69, 9.17) is 4.42 Å². The maximum absolute atomic E-state index is 12.4. The number of aryl methyl sites for hydroxylation is 1. The molecule has 118 valence electrons. The molecule has 0 spiro atoms. The van der Waals surface area contributed by atoms with Gasteiger partial charge >= 0.3 is 0 Å². The van der Waals surface area contributed by atoms with Gasteiger partial charge in [0.25, 0.3) is 0 Å². The fourth-order valence-electron chi connectivity index (χ4n) is 2.97. The number of carbonyl (C=O) groups is 1. The van der Waals surface area contributed by atoms with E-state index >= 15 is 0 Å². The van der Waals surface area contributed by atoms with Crippen molar-refractivity contribution in [3.8, 4) is 11.3 Å². The van der Waals surface area contributed by atoms with Crippen LogP contribution in [0.5, 0.6) is 0 Å². The predicted octanol–water partition coefficient (Wildman–Crippen LogP) is 5.84. The van der Waals surface area contributed by atoms with E-state index in [9.17, 15) is 4.79 Å². The Morgan fingerprint density at radius 2 is 1.92 bits per heavy atom. The molecular formula is C21H15BrO2. The number of fused-ring (bicyclic) bond motifs is 1. The maximum Gasteiger partial charge on any atom is 0.189 e. The molecule has 2 aromatic carbocycles. The van der Waals surface area contributed by atoms with Crippen LogP contribution in [0.3, 0.4) is 0 Å². The Morgan fingerprint density at radius 1 is 1.08 bits per heavy atom. The van der Waals surface area contributed by atoms with E-state index < -0.39 is 0 Å². The fraction of sp³-hybridized carbons (Fsp3) is 0.0952. The molecule has 0 unspecified atom stereocenters. The van der Waals surface area contributed by atoms with Crippen molar-refractivity contribution in [3.63, 3.8) is 0 Å². The summed E-state index contributed by atoms with van der Waals surface area (Å²) in [6, 6.07) is 17.7. The number of rotatable bonds is 2. The Balaban J connectivity index is 1.64. The Kier molecular flexibility index (Phi) is 3.73. The highest BCUT2D eigenvalue weighted by Gasteiger charge is 2.24. The van der Waals surface area contributed by atoms with Gasteiger partial charge in [0.15, 0.2) is 5.78 Å². The average molecular weight is 379 g/mol. The monoisotopic (exact) mass is 378 g/mol. The second-order valence-corrected chi connectivity index (χ2v) is 6.85. The third kappa shape index (κ3) is 2.65. The lowest BCUT2D eigenvalue weighted by Gasteiger charge is -2.01. The zero-order chi connectivity index (χ0) is 16.7. The topological polar surface area (TPSA) is 30.2 Å². The van der Waals surface area contributed by atoms with Gasteiger partial charge in [-0.25, -0.2) is 0 Å². The molecule has 0 saturated carbocycles. The van der Waals surface area contributed by atoms with Crippen molar-refractivity contribution in [3.05, 3.63) is 87.1 Å². The van der Waals surface area contributed by atoms with Crippen LogP contribution >= 0.6 is 15.9 Å². The summed E-state index contributed by atoms with van der Waals surface area (Å²) in [6.45, 7) is 2.05. The third-order valence-corrected chi connectivity index (χ3v) is 5.19. The first-order valence-corrected chi connectivity index (χ1v) is 8.60. The molecule has 0 bridgehead atoms. The van der Waals surface area contributed by atoms with Crippen molar-refractivity contribution in [1.29, 1.82) is 0 Å². The molecule has 0 N–H and O–H groups in total. The van der Waals surface area contributed by atoms with Gasteiger partial charge in [-0.05, 0) is 42.3 Å². The Hall–Kier alpha value is -2.39. The second-order valence-electron chi connectivity index (χ2n) is 6.00. The lowest BCUT2D eigenvalue weighted by molar-refractivity contribution is 0.104. The smallest absolute Gasteiger partial charge is 0.189 e. The lowest BCUT2D eigenvalue weighted by atomic mass is 10.1. The van der Waals surface area contributed by atoms with E-state index in [-0.39, 0.29) is 5.78 Å². The van der Waals surface area contributed by atoms with Crippen LogP contribution in [-0.2, 0) is 6.42 Å². The van der Waals surface area contributed by atoms with Crippen LogP contribution in [-0.4, -0.2) is 5.78 Å². The van der Waals surface area contributed by atoms with E-state index in [1.54, 1.807) is 0 Å². The molecule has 0 aliphatic heterocycles. The standard InChI is InChI=1S/C21H15BrO2/c1-13-6-7-15(12-19(13)22)20-9-8-17(24-20)11-16-10-14-4-2-3-5-18(14)21(16)23/h2-9,11-12H,10H2,1H3/b16-11+. The molecule has 3 heteroatoms. The van der Waals surface area contributed by atoms with E-state index in [0.717, 1.165) is 32.5 Å². The van der Waals surface area contributed by atoms with Gasteiger partial charge < -0.3 is 4.42 Å². The SMILES string of the molecule is Cc1ccc(-c2ccc(/C=C3\Cc4ccccc4C3=O)o2)cc1Br. The van der Waals surface area contributed by atoms with Gasteiger partial charge in [-0.3, -0.25) is 4.79 Å². The predicted molar refractivity (Wildman–Crippen MR) is 99.0 cm³/mol. The van der Waals surface area contributed by atoms with Gasteiger partial charge in [0.05, 0.1) is 0 Å². The maximum atomic E-state index is 12.4. The molecule has 0 atom stereocenters. The minimum Gasteiger partial charge on any atom is -0.457 e. The first kappa shape index (κ1) is 15.2. The molecule has 0 fully saturated rings. The number of hydrogen-bond donors (Lipinski definition) is 0. The van der Waals surface area contributed by atoms with Crippen molar-refractivity contribution < 1.29 is 9.21 Å². The summed E-state index contributed by atoms with van der Waals surface area (Å²) in [6.07, 6.45) is 2.52. The molecular weight excluding hydrogens is 364 g/mol. The number of hydrogen-bond acceptors (Lipinski definition) is 2. The third-order valence-electron chi connectivity index (χ3n) is 4.33. The molecule has 1 aromatic heterocycles. The summed E-state index contributed by atoms with van der Waals surface area (Å²) < 4.78 is 6.98. The molecule has 3 aromatic rings. The summed E-state index contributed by atoms with van der Waals surface area (Å²) in [4.78, 5) is 12.4. The van der Waals surface area contributed by atoms with E-state index in [0.29, 0.717) is 12.2 Å². The highest BCUT2D eigenvalue weighted by atomic mass is 79.9. The van der Waals surface area contributed by atoms with Crippen LogP contribution in [0.25, 0.3) is 17.4 Å². The van der Waals surface area contributed by atoms with Crippen LogP contribution in [0.2, 0.25) is 0 Å². The normalized spacial score (nSPS) is 15.1. The van der Waals surface area contributed by atoms with Crippen LogP contribution in [0.4, 0.5) is 0 Å². The highest BCUT2D eigenvalue weighted by Crippen LogP contribution is 2.30. The molecule has 0 radical (unpaired) electrons. The van der Waals surface area contributed by atoms with Gasteiger partial charge in [-0.1, -0.05) is 52.3 Å². The number of benzene rings is 2. The minimum atomic E-state index is 0.0987. The van der Waals surface area contributed by atoms with Gasteiger partial charge in [-0.15, -0.1) is 0 Å². The largest absolute Gasteiger partial charge is 0.457 e. The second kappa shape index (κ2) is 5.91. The summed E-state index contributed by atoms with van der Waals surface area (Å²) in [7, 11) is 0. The molecule has 2 nitrogen and oxygen atoms in total. The first-order chi connectivity index (χ1) is 11.6. The van der Waals surface area contributed by atoms with E-state index in [2.05, 4.69) is 28.9 Å². The Morgan fingerprint density at radius 3 is 2.71 bits per heavy atom. The number of ketones is 1. The van der Waals surface area contributed by atoms with Crippen molar-refractivity contribution in [2.24, 2.45) is 0 Å². The summed E-state index contributed by atoms with van der Waals surface area (Å²) in [5, 5.41) is 0. The molecule has 24 heavy (non-hydrogen) atoms. The number of allylic oxidation sites excluding steroid dienone is 1. The minimum absolute atomic E-state index is 0.0987. The number of furan rings is 1. The zero-order valence-electron chi connectivity index (χ0n) is 13.2. The van der Waals surface area contributed by atoms with Crippen LogP contribution in [0.15, 0.2) is 69.1 Å². The van der Waals surface area contributed by atoms with Crippen molar-refractivity contribution in [1.82, 2.24) is 0 Å².